The number of nitrogens with one attached hydrogen (secondary N) is 1. The third-order valence-electron chi connectivity index (χ3n) is 3.03. The number of rotatable bonds is 9. The third-order valence-corrected chi connectivity index (χ3v) is 4.02. The van der Waals surface area contributed by atoms with Crippen LogP contribution in [0.1, 0.15) is 30.0 Å². The average molecular weight is 295 g/mol. The van der Waals surface area contributed by atoms with Gasteiger partial charge in [0.25, 0.3) is 0 Å². The molecule has 110 valence electrons. The van der Waals surface area contributed by atoms with Crippen LogP contribution >= 0.6 is 11.3 Å². The standard InChI is InChI=1S/C15H21NO3S/c1-2-14(15-6-4-8-20-15)16-9-12(17)10-18-11-13-5-3-7-19-13/h3-8,12,14,16-17H,2,9-11H2,1H3. The van der Waals surface area contributed by atoms with Gasteiger partial charge in [-0.3, -0.25) is 0 Å². The molecule has 0 aliphatic heterocycles. The van der Waals surface area contributed by atoms with Gasteiger partial charge in [0, 0.05) is 17.5 Å². The molecule has 0 aromatic carbocycles. The van der Waals surface area contributed by atoms with E-state index in [9.17, 15) is 5.11 Å². The molecule has 2 rings (SSSR count). The number of ether oxygens (including phenoxy) is 1. The molecule has 0 fully saturated rings. The Balaban J connectivity index is 1.65. The van der Waals surface area contributed by atoms with Gasteiger partial charge in [0.1, 0.15) is 12.4 Å². The summed E-state index contributed by atoms with van der Waals surface area (Å²) in [5.74, 6) is 0.773. The van der Waals surface area contributed by atoms with Crippen LogP contribution in [-0.4, -0.2) is 24.4 Å². The van der Waals surface area contributed by atoms with Crippen LogP contribution in [-0.2, 0) is 11.3 Å². The van der Waals surface area contributed by atoms with E-state index in [1.807, 2.05) is 18.2 Å². The molecule has 0 aliphatic rings. The third kappa shape index (κ3) is 4.76. The van der Waals surface area contributed by atoms with Crippen LogP contribution in [0, 0.1) is 0 Å². The maximum Gasteiger partial charge on any atom is 0.129 e. The summed E-state index contributed by atoms with van der Waals surface area (Å²) >= 11 is 1.74. The van der Waals surface area contributed by atoms with Gasteiger partial charge in [0.05, 0.1) is 19.0 Å². The summed E-state index contributed by atoms with van der Waals surface area (Å²) in [6.07, 6.45) is 2.10. The van der Waals surface area contributed by atoms with Crippen LogP contribution in [0.25, 0.3) is 0 Å². The molecule has 0 amide bonds. The van der Waals surface area contributed by atoms with E-state index < -0.39 is 6.10 Å². The zero-order valence-corrected chi connectivity index (χ0v) is 12.4. The Hall–Kier alpha value is -1.14. The molecule has 0 bridgehead atoms. The van der Waals surface area contributed by atoms with Crippen LogP contribution in [0.2, 0.25) is 0 Å². The molecule has 2 atom stereocenters. The molecule has 2 N–H and O–H groups in total. The number of thiophene rings is 1. The summed E-state index contributed by atoms with van der Waals surface area (Å²) in [5.41, 5.74) is 0. The first kappa shape index (κ1) is 15.3. The van der Waals surface area contributed by atoms with Gasteiger partial charge in [-0.1, -0.05) is 13.0 Å². The van der Waals surface area contributed by atoms with Crippen LogP contribution in [0.15, 0.2) is 40.3 Å². The number of furan rings is 1. The normalized spacial score (nSPS) is 14.3. The SMILES string of the molecule is CCC(NCC(O)COCc1ccco1)c1cccs1. The lowest BCUT2D eigenvalue weighted by Crippen LogP contribution is -2.32. The van der Waals surface area contributed by atoms with E-state index in [1.54, 1.807) is 17.6 Å². The van der Waals surface area contributed by atoms with Crippen LogP contribution < -0.4 is 5.32 Å². The lowest BCUT2D eigenvalue weighted by Gasteiger charge is -2.18. The second kappa shape index (κ2) is 8.21. The van der Waals surface area contributed by atoms with Crippen molar-refractivity contribution in [2.24, 2.45) is 0 Å². The number of aliphatic hydroxyl groups excluding tert-OH is 1. The molecule has 2 unspecified atom stereocenters. The van der Waals surface area contributed by atoms with Gasteiger partial charge in [-0.2, -0.15) is 0 Å². The number of hydrogen-bond donors (Lipinski definition) is 2. The number of aliphatic hydroxyl groups is 1. The lowest BCUT2D eigenvalue weighted by atomic mass is 10.2. The summed E-state index contributed by atoms with van der Waals surface area (Å²) < 4.78 is 10.6. The zero-order chi connectivity index (χ0) is 14.2. The Morgan fingerprint density at radius 2 is 2.30 bits per heavy atom. The van der Waals surface area contributed by atoms with E-state index in [1.165, 1.54) is 4.88 Å². The first-order valence-electron chi connectivity index (χ1n) is 6.84. The Kier molecular flexibility index (Phi) is 6.26. The van der Waals surface area contributed by atoms with Crippen molar-refractivity contribution in [3.63, 3.8) is 0 Å². The quantitative estimate of drug-likeness (QED) is 0.747. The molecule has 0 spiro atoms. The molecule has 0 saturated heterocycles. The minimum Gasteiger partial charge on any atom is -0.467 e. The van der Waals surface area contributed by atoms with Crippen molar-refractivity contribution in [2.75, 3.05) is 13.2 Å². The van der Waals surface area contributed by atoms with Crippen molar-refractivity contribution in [2.45, 2.75) is 32.1 Å². The molecular weight excluding hydrogens is 274 g/mol. The molecule has 2 aromatic heterocycles. The molecule has 0 radical (unpaired) electrons. The van der Waals surface area contributed by atoms with Crippen LogP contribution in [0.4, 0.5) is 0 Å². The smallest absolute Gasteiger partial charge is 0.129 e. The second-order valence-corrected chi connectivity index (χ2v) is 5.61. The van der Waals surface area contributed by atoms with Crippen molar-refractivity contribution in [1.29, 1.82) is 0 Å². The largest absolute Gasteiger partial charge is 0.467 e. The van der Waals surface area contributed by atoms with Gasteiger partial charge in [0.15, 0.2) is 0 Å². The van der Waals surface area contributed by atoms with E-state index in [-0.39, 0.29) is 0 Å². The average Bonchev–Trinajstić information content (AvgIpc) is 3.12. The van der Waals surface area contributed by atoms with Gasteiger partial charge in [-0.05, 0) is 30.0 Å². The fourth-order valence-electron chi connectivity index (χ4n) is 1.96. The summed E-state index contributed by atoms with van der Waals surface area (Å²) in [7, 11) is 0. The van der Waals surface area contributed by atoms with Crippen molar-refractivity contribution in [3.05, 3.63) is 46.5 Å². The minimum absolute atomic E-state index is 0.300. The van der Waals surface area contributed by atoms with Crippen molar-refractivity contribution < 1.29 is 14.3 Å². The highest BCUT2D eigenvalue weighted by atomic mass is 32.1. The highest BCUT2D eigenvalue weighted by molar-refractivity contribution is 7.10. The lowest BCUT2D eigenvalue weighted by molar-refractivity contribution is 0.0215. The van der Waals surface area contributed by atoms with Crippen LogP contribution in [0.5, 0.6) is 0 Å². The molecule has 0 saturated carbocycles. The molecule has 20 heavy (non-hydrogen) atoms. The second-order valence-electron chi connectivity index (χ2n) is 4.63. The molecular formula is C15H21NO3S. The van der Waals surface area contributed by atoms with Crippen molar-refractivity contribution >= 4 is 11.3 Å². The van der Waals surface area contributed by atoms with Gasteiger partial charge in [-0.25, -0.2) is 0 Å². The van der Waals surface area contributed by atoms with Gasteiger partial charge >= 0.3 is 0 Å². The first-order valence-corrected chi connectivity index (χ1v) is 7.72. The predicted octanol–water partition coefficient (Wildman–Crippen LogP) is 2.96. The summed E-state index contributed by atoms with van der Waals surface area (Å²) in [6, 6.07) is 8.14. The van der Waals surface area contributed by atoms with Gasteiger partial charge < -0.3 is 19.6 Å². The van der Waals surface area contributed by atoms with Gasteiger partial charge in [0.2, 0.25) is 0 Å². The van der Waals surface area contributed by atoms with E-state index in [2.05, 4.69) is 23.7 Å². The monoisotopic (exact) mass is 295 g/mol. The van der Waals surface area contributed by atoms with Gasteiger partial charge in [-0.15, -0.1) is 11.3 Å². The number of hydrogen-bond acceptors (Lipinski definition) is 5. The Labute approximate surface area is 123 Å². The van der Waals surface area contributed by atoms with E-state index >= 15 is 0 Å². The Morgan fingerprint density at radius 3 is 2.95 bits per heavy atom. The molecule has 5 heteroatoms. The minimum atomic E-state index is -0.515. The molecule has 0 aliphatic carbocycles. The highest BCUT2D eigenvalue weighted by Crippen LogP contribution is 2.21. The fourth-order valence-corrected chi connectivity index (χ4v) is 2.85. The van der Waals surface area contributed by atoms with Crippen molar-refractivity contribution in [1.82, 2.24) is 5.32 Å². The topological polar surface area (TPSA) is 54.6 Å². The fraction of sp³-hybridized carbons (Fsp3) is 0.467. The van der Waals surface area contributed by atoms with E-state index in [0.717, 1.165) is 12.2 Å². The maximum absolute atomic E-state index is 9.91. The Bertz CT molecular complexity index is 455. The zero-order valence-electron chi connectivity index (χ0n) is 11.6. The molecule has 4 nitrogen and oxygen atoms in total. The van der Waals surface area contributed by atoms with Crippen LogP contribution in [0.3, 0.4) is 0 Å². The summed E-state index contributed by atoms with van der Waals surface area (Å²) in [5, 5.41) is 15.3. The van der Waals surface area contributed by atoms with E-state index in [0.29, 0.717) is 25.8 Å². The highest BCUT2D eigenvalue weighted by Gasteiger charge is 2.12. The maximum atomic E-state index is 9.91. The summed E-state index contributed by atoms with van der Waals surface area (Å²) in [6.45, 7) is 3.35. The Morgan fingerprint density at radius 1 is 1.40 bits per heavy atom. The molecule has 2 aromatic rings. The summed E-state index contributed by atoms with van der Waals surface area (Å²) in [4.78, 5) is 1.30. The predicted molar refractivity (Wildman–Crippen MR) is 79.7 cm³/mol. The molecule has 2 heterocycles. The van der Waals surface area contributed by atoms with Crippen molar-refractivity contribution in [3.8, 4) is 0 Å². The first-order chi connectivity index (χ1) is 9.79. The van der Waals surface area contributed by atoms with E-state index in [4.69, 9.17) is 9.15 Å².